The second-order valence-corrected chi connectivity index (χ2v) is 7.84. The van der Waals surface area contributed by atoms with Crippen molar-refractivity contribution in [1.29, 1.82) is 0 Å². The zero-order chi connectivity index (χ0) is 19.1. The Kier molecular flexibility index (Phi) is 7.24. The number of hydrogen-bond donors (Lipinski definition) is 3. The van der Waals surface area contributed by atoms with Gasteiger partial charge in [0, 0.05) is 37.7 Å². The molecule has 3 rings (SSSR count). The Balaban J connectivity index is 1.37. The van der Waals surface area contributed by atoms with E-state index in [0.29, 0.717) is 31.0 Å². The summed E-state index contributed by atoms with van der Waals surface area (Å²) in [5.41, 5.74) is 7.68. The summed E-state index contributed by atoms with van der Waals surface area (Å²) < 4.78 is 0. The van der Waals surface area contributed by atoms with Crippen LogP contribution in [-0.2, 0) is 11.3 Å². The predicted octanol–water partition coefficient (Wildman–Crippen LogP) is 1.65. The fourth-order valence-electron chi connectivity index (χ4n) is 4.04. The molecule has 27 heavy (non-hydrogen) atoms. The lowest BCUT2D eigenvalue weighted by Crippen LogP contribution is -2.33. The van der Waals surface area contributed by atoms with Gasteiger partial charge in [0.25, 0.3) is 5.91 Å². The second-order valence-electron chi connectivity index (χ2n) is 7.84. The Morgan fingerprint density at radius 2 is 1.78 bits per heavy atom. The van der Waals surface area contributed by atoms with Gasteiger partial charge in [-0.15, -0.1) is 0 Å². The first-order valence-corrected chi connectivity index (χ1v) is 10.2. The highest BCUT2D eigenvalue weighted by Crippen LogP contribution is 2.26. The van der Waals surface area contributed by atoms with Gasteiger partial charge in [0.15, 0.2) is 0 Å². The summed E-state index contributed by atoms with van der Waals surface area (Å²) in [6.07, 6.45) is 6.24. The molecule has 1 aliphatic carbocycles. The van der Waals surface area contributed by atoms with E-state index in [1.54, 1.807) is 0 Å². The van der Waals surface area contributed by atoms with Gasteiger partial charge in [-0.2, -0.15) is 0 Å². The molecule has 148 valence electrons. The highest BCUT2D eigenvalue weighted by atomic mass is 16.2. The quantitative estimate of drug-likeness (QED) is 0.647. The summed E-state index contributed by atoms with van der Waals surface area (Å²) in [6.45, 7) is 4.37. The first kappa shape index (κ1) is 19.8. The van der Waals surface area contributed by atoms with E-state index in [2.05, 4.69) is 15.5 Å². The van der Waals surface area contributed by atoms with Crippen molar-refractivity contribution in [3.05, 3.63) is 35.4 Å². The molecule has 2 atom stereocenters. The molecule has 0 bridgehead atoms. The van der Waals surface area contributed by atoms with E-state index in [4.69, 9.17) is 5.73 Å². The Morgan fingerprint density at radius 3 is 2.44 bits per heavy atom. The van der Waals surface area contributed by atoms with E-state index in [1.165, 1.54) is 12.8 Å². The molecule has 2 fully saturated rings. The van der Waals surface area contributed by atoms with Crippen molar-refractivity contribution in [3.8, 4) is 0 Å². The molecule has 1 saturated carbocycles. The zero-order valence-corrected chi connectivity index (χ0v) is 16.1. The van der Waals surface area contributed by atoms with Gasteiger partial charge in [-0.05, 0) is 62.4 Å². The van der Waals surface area contributed by atoms with Crippen molar-refractivity contribution in [1.82, 2.24) is 15.5 Å². The minimum atomic E-state index is -0.0417. The van der Waals surface area contributed by atoms with E-state index in [0.717, 1.165) is 44.5 Å². The van der Waals surface area contributed by atoms with E-state index in [-0.39, 0.29) is 17.9 Å². The van der Waals surface area contributed by atoms with Crippen LogP contribution in [0.25, 0.3) is 0 Å². The fraction of sp³-hybridized carbons (Fsp3) is 0.619. The first-order valence-electron chi connectivity index (χ1n) is 10.2. The van der Waals surface area contributed by atoms with Gasteiger partial charge >= 0.3 is 0 Å². The van der Waals surface area contributed by atoms with Crippen molar-refractivity contribution < 1.29 is 9.59 Å². The van der Waals surface area contributed by atoms with Crippen LogP contribution in [0.5, 0.6) is 0 Å². The number of likely N-dealkylation sites (tertiary alicyclic amines) is 1. The molecule has 6 heteroatoms. The molecule has 0 unspecified atom stereocenters. The van der Waals surface area contributed by atoms with Crippen LogP contribution in [0.3, 0.4) is 0 Å². The molecule has 2 amide bonds. The molecule has 1 aliphatic heterocycles. The summed E-state index contributed by atoms with van der Waals surface area (Å²) in [5.74, 6) is 0.331. The number of nitrogens with zero attached hydrogens (tertiary/aromatic N) is 1. The van der Waals surface area contributed by atoms with Gasteiger partial charge in [-0.25, -0.2) is 0 Å². The predicted molar refractivity (Wildman–Crippen MR) is 106 cm³/mol. The lowest BCUT2D eigenvalue weighted by atomic mass is 10.00. The molecule has 1 saturated heterocycles. The monoisotopic (exact) mass is 372 g/mol. The van der Waals surface area contributed by atoms with Crippen molar-refractivity contribution in [2.24, 2.45) is 11.7 Å². The molecule has 0 spiro atoms. The molecule has 0 aromatic heterocycles. The molecular formula is C21H32N4O2. The van der Waals surface area contributed by atoms with Crippen LogP contribution < -0.4 is 16.4 Å². The molecule has 2 aliphatic rings. The maximum absolute atomic E-state index is 12.2. The summed E-state index contributed by atoms with van der Waals surface area (Å²) in [7, 11) is 0. The third-order valence-electron chi connectivity index (χ3n) is 5.78. The van der Waals surface area contributed by atoms with Crippen LogP contribution >= 0.6 is 0 Å². The van der Waals surface area contributed by atoms with Crippen molar-refractivity contribution in [2.45, 2.75) is 51.1 Å². The number of carbonyl (C=O) groups excluding carboxylic acids is 2. The van der Waals surface area contributed by atoms with Crippen LogP contribution in [-0.4, -0.2) is 48.9 Å². The lowest BCUT2D eigenvalue weighted by molar-refractivity contribution is -0.122. The van der Waals surface area contributed by atoms with Crippen LogP contribution in [0.4, 0.5) is 0 Å². The molecule has 1 heterocycles. The van der Waals surface area contributed by atoms with E-state index < -0.39 is 0 Å². The Hall–Kier alpha value is -1.92. The topological polar surface area (TPSA) is 87.5 Å². The average molecular weight is 373 g/mol. The number of carbonyl (C=O) groups is 2. The van der Waals surface area contributed by atoms with Crippen LogP contribution in [0, 0.1) is 5.92 Å². The van der Waals surface area contributed by atoms with Crippen molar-refractivity contribution in [3.63, 3.8) is 0 Å². The van der Waals surface area contributed by atoms with Crippen molar-refractivity contribution >= 4 is 11.8 Å². The lowest BCUT2D eigenvalue weighted by Gasteiger charge is -2.15. The fourth-order valence-corrected chi connectivity index (χ4v) is 4.04. The summed E-state index contributed by atoms with van der Waals surface area (Å²) in [5, 5.41) is 5.94. The Bertz CT molecular complexity index is 626. The molecular weight excluding hydrogens is 340 g/mol. The van der Waals surface area contributed by atoms with Crippen molar-refractivity contribution in [2.75, 3.05) is 26.2 Å². The number of nitrogens with two attached hydrogens (primary N) is 1. The number of amides is 2. The summed E-state index contributed by atoms with van der Waals surface area (Å²) in [6, 6.07) is 7.60. The molecule has 6 nitrogen and oxygen atoms in total. The zero-order valence-electron chi connectivity index (χ0n) is 16.1. The molecule has 1 aromatic carbocycles. The van der Waals surface area contributed by atoms with Gasteiger partial charge < -0.3 is 21.3 Å². The number of rotatable bonds is 8. The number of benzene rings is 1. The van der Waals surface area contributed by atoms with E-state index in [9.17, 15) is 9.59 Å². The Labute approximate surface area is 161 Å². The average Bonchev–Trinajstić information content (AvgIpc) is 3.33. The normalized spacial score (nSPS) is 22.7. The molecule has 0 radical (unpaired) electrons. The third-order valence-corrected chi connectivity index (χ3v) is 5.78. The van der Waals surface area contributed by atoms with Gasteiger partial charge in [0.05, 0.1) is 0 Å². The second kappa shape index (κ2) is 9.85. The van der Waals surface area contributed by atoms with E-state index in [1.807, 2.05) is 24.3 Å². The third kappa shape index (κ3) is 6.04. The van der Waals surface area contributed by atoms with E-state index >= 15 is 0 Å². The van der Waals surface area contributed by atoms with Gasteiger partial charge in [-0.3, -0.25) is 9.59 Å². The summed E-state index contributed by atoms with van der Waals surface area (Å²) in [4.78, 5) is 26.7. The molecule has 1 aromatic rings. The molecule has 4 N–H and O–H groups in total. The minimum absolute atomic E-state index is 0.0417. The minimum Gasteiger partial charge on any atom is -0.352 e. The summed E-state index contributed by atoms with van der Waals surface area (Å²) >= 11 is 0. The maximum Gasteiger partial charge on any atom is 0.251 e. The smallest absolute Gasteiger partial charge is 0.251 e. The first-order chi connectivity index (χ1) is 13.1. The highest BCUT2D eigenvalue weighted by molar-refractivity contribution is 5.94. The van der Waals surface area contributed by atoms with Crippen LogP contribution in [0.15, 0.2) is 24.3 Å². The highest BCUT2D eigenvalue weighted by Gasteiger charge is 2.25. The van der Waals surface area contributed by atoms with Gasteiger partial charge in [-0.1, -0.05) is 18.6 Å². The number of hydrogen-bond acceptors (Lipinski definition) is 4. The standard InChI is InChI=1S/C21H32N4O2/c22-19-5-3-4-18(19)14-20(26)24-15-16-6-8-17(9-7-16)21(27)23-10-13-25-11-1-2-12-25/h6-9,18-19H,1-5,10-15,22H2,(H,23,27)(H,24,26)/t18-,19+/m0/s1. The largest absolute Gasteiger partial charge is 0.352 e. The maximum atomic E-state index is 12.2. The van der Waals surface area contributed by atoms with Gasteiger partial charge in [0.2, 0.25) is 5.91 Å². The van der Waals surface area contributed by atoms with Crippen LogP contribution in [0.2, 0.25) is 0 Å². The SMILES string of the molecule is N[C@@H]1CCC[C@H]1CC(=O)NCc1ccc(C(=O)NCCN2CCCC2)cc1. The Morgan fingerprint density at radius 1 is 1.04 bits per heavy atom. The van der Waals surface area contributed by atoms with Gasteiger partial charge in [0.1, 0.15) is 0 Å². The number of nitrogens with one attached hydrogen (secondary N) is 2. The van der Waals surface area contributed by atoms with Crippen LogP contribution in [0.1, 0.15) is 54.4 Å².